The second-order valence-electron chi connectivity index (χ2n) is 8.80. The summed E-state index contributed by atoms with van der Waals surface area (Å²) in [4.78, 5) is 20.8. The van der Waals surface area contributed by atoms with Gasteiger partial charge in [0, 0.05) is 44.5 Å². The fourth-order valence-corrected chi connectivity index (χ4v) is 4.86. The van der Waals surface area contributed by atoms with E-state index in [0.717, 1.165) is 70.0 Å². The molecule has 0 unspecified atom stereocenters. The van der Waals surface area contributed by atoms with Crippen LogP contribution in [0, 0.1) is 5.92 Å². The molecule has 2 aliphatic carbocycles. The molecule has 0 spiro atoms. The van der Waals surface area contributed by atoms with Crippen LogP contribution in [-0.4, -0.2) is 65.3 Å². The summed E-state index contributed by atoms with van der Waals surface area (Å²) < 4.78 is 0. The van der Waals surface area contributed by atoms with E-state index in [1.165, 1.54) is 6.42 Å². The van der Waals surface area contributed by atoms with E-state index in [1.807, 2.05) is 6.07 Å². The van der Waals surface area contributed by atoms with Gasteiger partial charge in [-0.1, -0.05) is 23.2 Å². The maximum Gasteiger partial charge on any atom is 0.252 e. The molecule has 1 aromatic heterocycles. The molecule has 0 radical (unpaired) electrons. The van der Waals surface area contributed by atoms with E-state index in [1.54, 1.807) is 6.20 Å². The van der Waals surface area contributed by atoms with Crippen LogP contribution >= 0.6 is 23.2 Å². The zero-order valence-corrected chi connectivity index (χ0v) is 18.3. The maximum atomic E-state index is 12.0. The van der Waals surface area contributed by atoms with Crippen LogP contribution in [0.2, 0.25) is 10.2 Å². The number of pyridine rings is 1. The number of amides is 1. The maximum absolute atomic E-state index is 12.0. The van der Waals surface area contributed by atoms with Crippen LogP contribution in [0.4, 0.5) is 5.69 Å². The molecule has 8 heteroatoms. The van der Waals surface area contributed by atoms with Gasteiger partial charge in [0.15, 0.2) is 0 Å². The minimum absolute atomic E-state index is 0.158. The van der Waals surface area contributed by atoms with Crippen molar-refractivity contribution in [2.45, 2.75) is 56.6 Å². The first-order valence-electron chi connectivity index (χ1n) is 10.7. The monoisotopic (exact) mass is 440 g/mol. The van der Waals surface area contributed by atoms with E-state index in [-0.39, 0.29) is 11.9 Å². The quantitative estimate of drug-likeness (QED) is 0.665. The number of hydrogen-bond donors (Lipinski definition) is 2. The molecular weight excluding hydrogens is 411 g/mol. The molecule has 3 fully saturated rings. The van der Waals surface area contributed by atoms with Crippen LogP contribution in [0.5, 0.6) is 0 Å². The van der Waals surface area contributed by atoms with Crippen molar-refractivity contribution in [2.75, 3.05) is 37.6 Å². The summed E-state index contributed by atoms with van der Waals surface area (Å²) in [5.74, 6) is 0.577. The predicted octanol–water partition coefficient (Wildman–Crippen LogP) is 3.10. The Morgan fingerprint density at radius 3 is 2.52 bits per heavy atom. The molecular formula is C21H30Cl2N4O2. The molecule has 1 amide bonds. The van der Waals surface area contributed by atoms with Gasteiger partial charge in [-0.05, 0) is 57.4 Å². The van der Waals surface area contributed by atoms with Crippen molar-refractivity contribution in [3.8, 4) is 0 Å². The number of aliphatic hydroxyl groups is 1. The second kappa shape index (κ2) is 8.96. The second-order valence-corrected chi connectivity index (χ2v) is 9.59. The van der Waals surface area contributed by atoms with Crippen molar-refractivity contribution < 1.29 is 9.90 Å². The summed E-state index contributed by atoms with van der Waals surface area (Å²) in [6, 6.07) is 2.09. The molecule has 1 saturated heterocycles. The van der Waals surface area contributed by atoms with Crippen molar-refractivity contribution in [1.82, 2.24) is 15.2 Å². The molecule has 4 rings (SSSR count). The van der Waals surface area contributed by atoms with Gasteiger partial charge in [0.05, 0.1) is 10.7 Å². The lowest BCUT2D eigenvalue weighted by atomic mass is 9.84. The van der Waals surface area contributed by atoms with Gasteiger partial charge in [-0.15, -0.1) is 0 Å². The zero-order chi connectivity index (χ0) is 20.4. The molecule has 1 aliphatic heterocycles. The number of rotatable bonds is 6. The molecule has 3 aliphatic rings. The fourth-order valence-electron chi connectivity index (χ4n) is 4.48. The number of carbonyl (C=O) groups is 1. The average Bonchev–Trinajstić information content (AvgIpc) is 3.48. The number of carbonyl (C=O) groups excluding carboxylic acids is 1. The van der Waals surface area contributed by atoms with E-state index in [9.17, 15) is 9.90 Å². The van der Waals surface area contributed by atoms with Gasteiger partial charge in [-0.2, -0.15) is 0 Å². The Kier molecular flexibility index (Phi) is 6.54. The van der Waals surface area contributed by atoms with Crippen molar-refractivity contribution in [3.05, 3.63) is 22.4 Å². The third kappa shape index (κ3) is 5.35. The largest absolute Gasteiger partial charge is 0.380 e. The number of nitrogens with one attached hydrogen (secondary N) is 1. The number of piperazine rings is 1. The van der Waals surface area contributed by atoms with Crippen LogP contribution in [-0.2, 0) is 4.79 Å². The summed E-state index contributed by atoms with van der Waals surface area (Å²) in [6.07, 6.45) is 8.44. The highest BCUT2D eigenvalue weighted by Crippen LogP contribution is 2.36. The van der Waals surface area contributed by atoms with Crippen LogP contribution in [0.15, 0.2) is 12.3 Å². The number of anilines is 1. The smallest absolute Gasteiger partial charge is 0.252 e. The van der Waals surface area contributed by atoms with Gasteiger partial charge in [0.25, 0.3) is 5.91 Å². The van der Waals surface area contributed by atoms with Crippen LogP contribution in [0.1, 0.15) is 44.9 Å². The van der Waals surface area contributed by atoms with Crippen molar-refractivity contribution in [1.29, 1.82) is 0 Å². The molecule has 29 heavy (non-hydrogen) atoms. The molecule has 0 atom stereocenters. The molecule has 2 heterocycles. The highest BCUT2D eigenvalue weighted by Gasteiger charge is 2.48. The Labute approximate surface area is 182 Å². The van der Waals surface area contributed by atoms with E-state index >= 15 is 0 Å². The van der Waals surface area contributed by atoms with Gasteiger partial charge in [-0.3, -0.25) is 9.69 Å². The van der Waals surface area contributed by atoms with Gasteiger partial charge >= 0.3 is 0 Å². The van der Waals surface area contributed by atoms with E-state index in [4.69, 9.17) is 23.2 Å². The fraction of sp³-hybridized carbons (Fsp3) is 0.714. The van der Waals surface area contributed by atoms with Gasteiger partial charge < -0.3 is 15.3 Å². The van der Waals surface area contributed by atoms with Gasteiger partial charge in [0.1, 0.15) is 10.8 Å². The minimum Gasteiger partial charge on any atom is -0.380 e. The lowest BCUT2D eigenvalue weighted by molar-refractivity contribution is -0.132. The predicted molar refractivity (Wildman–Crippen MR) is 116 cm³/mol. The van der Waals surface area contributed by atoms with Crippen molar-refractivity contribution in [3.63, 3.8) is 0 Å². The Morgan fingerprint density at radius 1 is 1.17 bits per heavy atom. The number of nitrogens with zero attached hydrogens (tertiary/aromatic N) is 3. The first-order chi connectivity index (χ1) is 13.9. The molecule has 2 saturated carbocycles. The van der Waals surface area contributed by atoms with Crippen LogP contribution in [0.3, 0.4) is 0 Å². The van der Waals surface area contributed by atoms with E-state index in [2.05, 4.69) is 20.1 Å². The molecule has 6 nitrogen and oxygen atoms in total. The molecule has 160 valence electrons. The van der Waals surface area contributed by atoms with E-state index < -0.39 is 5.60 Å². The first kappa shape index (κ1) is 21.2. The topological polar surface area (TPSA) is 68.7 Å². The third-order valence-electron chi connectivity index (χ3n) is 6.70. The summed E-state index contributed by atoms with van der Waals surface area (Å²) in [5.41, 5.74) is -0.0762. The lowest BCUT2D eigenvalue weighted by Gasteiger charge is -2.37. The SMILES string of the molecule is O=C(N[C@H]1CC[C@H](CCN2CCN(c3cc(Cl)ncc3Cl)CC2)CC1)C1(O)CC1. The van der Waals surface area contributed by atoms with Crippen molar-refractivity contribution in [2.24, 2.45) is 5.92 Å². The lowest BCUT2D eigenvalue weighted by Crippen LogP contribution is -2.47. The Balaban J connectivity index is 1.15. The summed E-state index contributed by atoms with van der Waals surface area (Å²) in [7, 11) is 0. The van der Waals surface area contributed by atoms with Gasteiger partial charge in [0.2, 0.25) is 0 Å². The molecule has 2 N–H and O–H groups in total. The Morgan fingerprint density at radius 2 is 1.86 bits per heavy atom. The van der Waals surface area contributed by atoms with Gasteiger partial charge in [-0.25, -0.2) is 4.98 Å². The molecule has 0 aromatic carbocycles. The normalized spacial score (nSPS) is 26.9. The standard InChI is InChI=1S/C21H30Cl2N4O2/c22-17-14-24-19(23)13-18(17)27-11-9-26(10-12-27)8-5-15-1-3-16(4-2-15)25-20(28)21(29)6-7-21/h13-16,29H,1-12H2,(H,25,28)/t15-,16-. The Hall–Kier alpha value is -1.08. The van der Waals surface area contributed by atoms with E-state index in [0.29, 0.717) is 23.0 Å². The molecule has 1 aromatic rings. The number of halogens is 2. The highest BCUT2D eigenvalue weighted by atomic mass is 35.5. The first-order valence-corrected chi connectivity index (χ1v) is 11.5. The number of aromatic nitrogens is 1. The highest BCUT2D eigenvalue weighted by molar-refractivity contribution is 6.34. The van der Waals surface area contributed by atoms with Crippen LogP contribution in [0.25, 0.3) is 0 Å². The average molecular weight is 441 g/mol. The number of hydrogen-bond acceptors (Lipinski definition) is 5. The molecule has 0 bridgehead atoms. The van der Waals surface area contributed by atoms with Crippen LogP contribution < -0.4 is 10.2 Å². The summed E-state index contributed by atoms with van der Waals surface area (Å²) >= 11 is 12.3. The Bertz CT molecular complexity index is 727. The van der Waals surface area contributed by atoms with Crippen molar-refractivity contribution >= 4 is 34.8 Å². The summed E-state index contributed by atoms with van der Waals surface area (Å²) in [5, 5.41) is 14.1. The summed E-state index contributed by atoms with van der Waals surface area (Å²) in [6.45, 7) is 5.07. The zero-order valence-electron chi connectivity index (χ0n) is 16.7. The third-order valence-corrected chi connectivity index (χ3v) is 7.19. The minimum atomic E-state index is -1.05.